The van der Waals surface area contributed by atoms with E-state index < -0.39 is 0 Å². The third-order valence-corrected chi connectivity index (χ3v) is 4.08. The van der Waals surface area contributed by atoms with Crippen molar-refractivity contribution in [2.75, 3.05) is 0 Å². The van der Waals surface area contributed by atoms with Gasteiger partial charge in [-0.15, -0.1) is 6.58 Å². The fraction of sp³-hybridized carbons (Fsp3) is 0.312. The largest absolute Gasteiger partial charge is 0.508 e. The summed E-state index contributed by atoms with van der Waals surface area (Å²) in [5.74, 6) is 0.349. The topological polar surface area (TPSA) is 46.5 Å². The van der Waals surface area contributed by atoms with Gasteiger partial charge in [0, 0.05) is 11.8 Å². The summed E-state index contributed by atoms with van der Waals surface area (Å²) in [5, 5.41) is 9.32. The van der Waals surface area contributed by atoms with Gasteiger partial charge in [0.05, 0.1) is 12.2 Å². The summed E-state index contributed by atoms with van der Waals surface area (Å²) in [6.45, 7) is 3.90. The Hall–Kier alpha value is -1.87. The number of allylic oxidation sites excluding steroid dienone is 1. The fourth-order valence-corrected chi connectivity index (χ4v) is 2.91. The maximum atomic E-state index is 11.5. The average molecular weight is 256 g/mol. The number of fused-ring (bicyclic) bond motifs is 1. The number of rotatable bonds is 2. The first-order chi connectivity index (χ1) is 9.13. The molecule has 0 bridgehead atoms. The first-order valence-electron chi connectivity index (χ1n) is 6.43. The van der Waals surface area contributed by atoms with Crippen molar-refractivity contribution in [3.63, 3.8) is 0 Å². The van der Waals surface area contributed by atoms with Crippen molar-refractivity contribution in [1.82, 2.24) is 0 Å². The van der Waals surface area contributed by atoms with Crippen LogP contribution in [0.15, 0.2) is 49.1 Å². The molecule has 2 aliphatic rings. The van der Waals surface area contributed by atoms with Gasteiger partial charge in [-0.2, -0.15) is 0 Å². The van der Waals surface area contributed by atoms with Crippen molar-refractivity contribution in [1.29, 1.82) is 0 Å². The molecule has 19 heavy (non-hydrogen) atoms. The number of aromatic hydroxyl groups is 1. The molecule has 1 aromatic carbocycles. The summed E-state index contributed by atoms with van der Waals surface area (Å²) in [6, 6.07) is 7.03. The highest BCUT2D eigenvalue weighted by molar-refractivity contribution is 5.91. The van der Waals surface area contributed by atoms with E-state index in [4.69, 9.17) is 4.74 Å². The van der Waals surface area contributed by atoms with E-state index >= 15 is 0 Å². The third kappa shape index (κ3) is 2.00. The van der Waals surface area contributed by atoms with Crippen LogP contribution in [0, 0.1) is 5.41 Å². The molecule has 3 atom stereocenters. The molecular formula is C16H16O3. The number of hydrogen-bond acceptors (Lipinski definition) is 3. The molecule has 1 aliphatic carbocycles. The highest BCUT2D eigenvalue weighted by atomic mass is 16.5. The Morgan fingerprint density at radius 1 is 1.37 bits per heavy atom. The highest BCUT2D eigenvalue weighted by Gasteiger charge is 2.47. The number of carbonyl (C=O) groups is 1. The van der Waals surface area contributed by atoms with Gasteiger partial charge in [0.2, 0.25) is 0 Å². The van der Waals surface area contributed by atoms with Crippen LogP contribution in [0.25, 0.3) is 0 Å². The van der Waals surface area contributed by atoms with Gasteiger partial charge in [-0.25, -0.2) is 0 Å². The molecule has 1 aromatic rings. The maximum Gasteiger partial charge on any atom is 0.158 e. The van der Waals surface area contributed by atoms with Crippen molar-refractivity contribution < 1.29 is 14.6 Å². The average Bonchev–Trinajstić information content (AvgIpc) is 2.79. The molecule has 1 N–H and O–H groups in total. The van der Waals surface area contributed by atoms with E-state index in [0.29, 0.717) is 6.42 Å². The molecule has 0 radical (unpaired) electrons. The molecule has 1 aliphatic heterocycles. The Morgan fingerprint density at radius 3 is 2.79 bits per heavy atom. The summed E-state index contributed by atoms with van der Waals surface area (Å²) in [7, 11) is 0. The minimum absolute atomic E-state index is 0.0563. The number of hydrogen-bond donors (Lipinski definition) is 1. The van der Waals surface area contributed by atoms with E-state index in [1.807, 2.05) is 24.3 Å². The predicted molar refractivity (Wildman–Crippen MR) is 71.7 cm³/mol. The van der Waals surface area contributed by atoms with E-state index in [-0.39, 0.29) is 29.2 Å². The van der Waals surface area contributed by atoms with Crippen molar-refractivity contribution in [2.24, 2.45) is 5.41 Å². The maximum absolute atomic E-state index is 11.5. The van der Waals surface area contributed by atoms with Gasteiger partial charge in [-0.3, -0.25) is 4.79 Å². The zero-order chi connectivity index (χ0) is 13.5. The van der Waals surface area contributed by atoms with E-state index in [2.05, 4.69) is 6.58 Å². The molecule has 0 unspecified atom stereocenters. The lowest BCUT2D eigenvalue weighted by Crippen LogP contribution is -2.32. The Morgan fingerprint density at radius 2 is 2.11 bits per heavy atom. The Labute approximate surface area is 112 Å². The van der Waals surface area contributed by atoms with Crippen LogP contribution in [0.4, 0.5) is 0 Å². The van der Waals surface area contributed by atoms with Crippen LogP contribution >= 0.6 is 0 Å². The lowest BCUT2D eigenvalue weighted by atomic mass is 9.74. The molecule has 0 amide bonds. The molecule has 0 spiro atoms. The highest BCUT2D eigenvalue weighted by Crippen LogP contribution is 2.50. The minimum Gasteiger partial charge on any atom is -0.508 e. The molecule has 3 heteroatoms. The molecule has 0 aromatic heterocycles. The second-order valence-electron chi connectivity index (χ2n) is 5.23. The number of ketones is 1. The van der Waals surface area contributed by atoms with Crippen LogP contribution < -0.4 is 0 Å². The SMILES string of the molecule is C=C[C@]12C=CC(=O)C[C@H]1O[C@H](c1ccc(O)cc1)C2. The van der Waals surface area contributed by atoms with Crippen LogP contribution in [-0.2, 0) is 9.53 Å². The molecule has 3 rings (SSSR count). The Bertz CT molecular complexity index is 544. The monoisotopic (exact) mass is 256 g/mol. The summed E-state index contributed by atoms with van der Waals surface area (Å²) < 4.78 is 6.03. The zero-order valence-electron chi connectivity index (χ0n) is 10.6. The summed E-state index contributed by atoms with van der Waals surface area (Å²) >= 11 is 0. The first kappa shape index (κ1) is 12.2. The second-order valence-corrected chi connectivity index (χ2v) is 5.23. The van der Waals surface area contributed by atoms with Crippen LogP contribution in [0.1, 0.15) is 24.5 Å². The predicted octanol–water partition coefficient (Wildman–Crippen LogP) is 2.92. The van der Waals surface area contributed by atoms with E-state index in [1.165, 1.54) is 0 Å². The smallest absolute Gasteiger partial charge is 0.158 e. The third-order valence-electron chi connectivity index (χ3n) is 4.08. The Kier molecular flexibility index (Phi) is 2.79. The van der Waals surface area contributed by atoms with E-state index in [0.717, 1.165) is 12.0 Å². The normalized spacial score (nSPS) is 33.2. The van der Waals surface area contributed by atoms with E-state index in [9.17, 15) is 9.90 Å². The van der Waals surface area contributed by atoms with Gasteiger partial charge in [0.1, 0.15) is 5.75 Å². The quantitative estimate of drug-likeness (QED) is 0.827. The zero-order valence-corrected chi connectivity index (χ0v) is 10.6. The number of benzene rings is 1. The lowest BCUT2D eigenvalue weighted by Gasteiger charge is -2.29. The Balaban J connectivity index is 1.90. The van der Waals surface area contributed by atoms with Gasteiger partial charge in [-0.1, -0.05) is 24.3 Å². The molecular weight excluding hydrogens is 240 g/mol. The standard InChI is InChI=1S/C16H16O3/c1-2-16-8-7-13(18)9-15(16)19-14(10-16)11-3-5-12(17)6-4-11/h2-8,14-15,17H,1,9-10H2/t14-,15+,16+/m0/s1. The summed E-state index contributed by atoms with van der Waals surface area (Å²) in [6.07, 6.45) is 6.48. The van der Waals surface area contributed by atoms with Crippen LogP contribution in [0.2, 0.25) is 0 Å². The first-order valence-corrected chi connectivity index (χ1v) is 6.43. The second kappa shape index (κ2) is 4.35. The van der Waals surface area contributed by atoms with E-state index in [1.54, 1.807) is 18.2 Å². The van der Waals surface area contributed by atoms with Gasteiger partial charge < -0.3 is 9.84 Å². The minimum atomic E-state index is -0.240. The van der Waals surface area contributed by atoms with Crippen molar-refractivity contribution >= 4 is 5.78 Å². The number of ether oxygens (including phenoxy) is 1. The molecule has 3 nitrogen and oxygen atoms in total. The summed E-state index contributed by atoms with van der Waals surface area (Å²) in [5.41, 5.74) is 0.783. The molecule has 1 heterocycles. The van der Waals surface area contributed by atoms with Gasteiger partial charge in [-0.05, 0) is 30.2 Å². The lowest BCUT2D eigenvalue weighted by molar-refractivity contribution is -0.118. The number of carbonyl (C=O) groups excluding carboxylic acids is 1. The fourth-order valence-electron chi connectivity index (χ4n) is 2.91. The molecule has 1 fully saturated rings. The molecule has 1 saturated heterocycles. The van der Waals surface area contributed by atoms with Crippen LogP contribution in [0.5, 0.6) is 5.75 Å². The van der Waals surface area contributed by atoms with Gasteiger partial charge in [0.25, 0.3) is 0 Å². The van der Waals surface area contributed by atoms with Crippen LogP contribution in [0.3, 0.4) is 0 Å². The van der Waals surface area contributed by atoms with Crippen molar-refractivity contribution in [3.8, 4) is 5.75 Å². The van der Waals surface area contributed by atoms with Crippen molar-refractivity contribution in [2.45, 2.75) is 25.0 Å². The summed E-state index contributed by atoms with van der Waals surface area (Å²) in [4.78, 5) is 11.5. The molecule has 98 valence electrons. The number of phenolic OH excluding ortho intramolecular Hbond substituents is 1. The van der Waals surface area contributed by atoms with Crippen molar-refractivity contribution in [3.05, 3.63) is 54.6 Å². The van der Waals surface area contributed by atoms with Gasteiger partial charge in [0.15, 0.2) is 5.78 Å². The van der Waals surface area contributed by atoms with Crippen LogP contribution in [-0.4, -0.2) is 17.0 Å². The number of phenols is 1. The van der Waals surface area contributed by atoms with Gasteiger partial charge >= 0.3 is 0 Å². The molecule has 0 saturated carbocycles.